The summed E-state index contributed by atoms with van der Waals surface area (Å²) in [5.74, 6) is 0.395. The predicted octanol–water partition coefficient (Wildman–Crippen LogP) is 2.40. The fourth-order valence-electron chi connectivity index (χ4n) is 1.54. The summed E-state index contributed by atoms with van der Waals surface area (Å²) in [4.78, 5) is 26.9. The van der Waals surface area contributed by atoms with Gasteiger partial charge in [0.25, 0.3) is 0 Å². The molecule has 0 radical (unpaired) electrons. The molecule has 0 aliphatic rings. The van der Waals surface area contributed by atoms with Gasteiger partial charge in [-0.05, 0) is 25.5 Å². The standard InChI is InChI=1S/C13H19N3O2/c1-5-11(17)15-10-7-8(3)13(9(4)14-10)16-12(18)6-2/h7H,5-6H2,1-4H3,(H,16,18)(H,14,15,17). The average molecular weight is 249 g/mol. The van der Waals surface area contributed by atoms with E-state index < -0.39 is 0 Å². The van der Waals surface area contributed by atoms with Gasteiger partial charge < -0.3 is 10.6 Å². The van der Waals surface area contributed by atoms with Gasteiger partial charge in [0.05, 0.1) is 11.4 Å². The second-order valence-corrected chi connectivity index (χ2v) is 4.09. The number of nitrogens with zero attached hydrogens (tertiary/aromatic N) is 1. The lowest BCUT2D eigenvalue weighted by Crippen LogP contribution is -2.15. The largest absolute Gasteiger partial charge is 0.324 e. The third-order valence-electron chi connectivity index (χ3n) is 2.57. The summed E-state index contributed by atoms with van der Waals surface area (Å²) in [7, 11) is 0. The molecule has 0 unspecified atom stereocenters. The molecule has 18 heavy (non-hydrogen) atoms. The lowest BCUT2D eigenvalue weighted by Gasteiger charge is -2.12. The van der Waals surface area contributed by atoms with Crippen molar-refractivity contribution in [2.75, 3.05) is 10.6 Å². The number of carbonyl (C=O) groups is 2. The fourth-order valence-corrected chi connectivity index (χ4v) is 1.54. The average Bonchev–Trinajstić information content (AvgIpc) is 2.33. The molecule has 5 heteroatoms. The van der Waals surface area contributed by atoms with E-state index in [1.807, 2.05) is 6.92 Å². The first kappa shape index (κ1) is 14.2. The molecular formula is C13H19N3O2. The van der Waals surface area contributed by atoms with E-state index in [1.54, 1.807) is 26.8 Å². The van der Waals surface area contributed by atoms with Crippen molar-refractivity contribution < 1.29 is 9.59 Å². The molecule has 98 valence electrons. The number of carbonyl (C=O) groups excluding carboxylic acids is 2. The molecule has 0 spiro atoms. The van der Waals surface area contributed by atoms with Crippen molar-refractivity contribution in [2.24, 2.45) is 0 Å². The van der Waals surface area contributed by atoms with Gasteiger partial charge in [0, 0.05) is 12.8 Å². The Morgan fingerprint density at radius 3 is 2.17 bits per heavy atom. The summed E-state index contributed by atoms with van der Waals surface area (Å²) in [6.07, 6.45) is 0.835. The molecule has 1 heterocycles. The van der Waals surface area contributed by atoms with Crippen molar-refractivity contribution in [1.29, 1.82) is 0 Å². The Kier molecular flexibility index (Phi) is 4.83. The van der Waals surface area contributed by atoms with Crippen molar-refractivity contribution in [3.8, 4) is 0 Å². The molecule has 0 aliphatic heterocycles. The van der Waals surface area contributed by atoms with E-state index in [-0.39, 0.29) is 11.8 Å². The highest BCUT2D eigenvalue weighted by atomic mass is 16.2. The molecule has 1 aromatic rings. The zero-order valence-corrected chi connectivity index (χ0v) is 11.3. The molecule has 1 aromatic heterocycles. The van der Waals surface area contributed by atoms with Crippen molar-refractivity contribution in [3.63, 3.8) is 0 Å². The van der Waals surface area contributed by atoms with Crippen LogP contribution in [0.25, 0.3) is 0 Å². The summed E-state index contributed by atoms with van der Waals surface area (Å²) >= 11 is 0. The Bertz CT molecular complexity index is 446. The molecule has 0 saturated carbocycles. The Morgan fingerprint density at radius 2 is 1.67 bits per heavy atom. The Balaban J connectivity index is 2.97. The molecule has 0 atom stereocenters. The predicted molar refractivity (Wildman–Crippen MR) is 71.6 cm³/mol. The SMILES string of the molecule is CCC(=O)Nc1cc(C)c(NC(=O)CC)c(C)n1. The third kappa shape index (κ3) is 3.55. The van der Waals surface area contributed by atoms with E-state index in [0.29, 0.717) is 24.4 Å². The topological polar surface area (TPSA) is 71.1 Å². The minimum absolute atomic E-state index is 0.0478. The summed E-state index contributed by atoms with van der Waals surface area (Å²) < 4.78 is 0. The van der Waals surface area contributed by atoms with Crippen LogP contribution in [0.1, 0.15) is 37.9 Å². The highest BCUT2D eigenvalue weighted by Gasteiger charge is 2.10. The summed E-state index contributed by atoms with van der Waals surface area (Å²) in [6, 6.07) is 1.76. The molecule has 0 saturated heterocycles. The first-order chi connectivity index (χ1) is 8.47. The number of anilines is 2. The van der Waals surface area contributed by atoms with Crippen LogP contribution in [0.2, 0.25) is 0 Å². The number of hydrogen-bond donors (Lipinski definition) is 2. The Labute approximate surface area is 107 Å². The molecule has 0 aliphatic carbocycles. The fraction of sp³-hybridized carbons (Fsp3) is 0.462. The van der Waals surface area contributed by atoms with Crippen LogP contribution in [0.4, 0.5) is 11.5 Å². The maximum Gasteiger partial charge on any atom is 0.225 e. The summed E-state index contributed by atoms with van der Waals surface area (Å²) in [6.45, 7) is 7.26. The molecule has 1 rings (SSSR count). The van der Waals surface area contributed by atoms with Crippen LogP contribution >= 0.6 is 0 Å². The number of hydrogen-bond acceptors (Lipinski definition) is 3. The first-order valence-corrected chi connectivity index (χ1v) is 6.05. The lowest BCUT2D eigenvalue weighted by molar-refractivity contribution is -0.116. The first-order valence-electron chi connectivity index (χ1n) is 6.05. The maximum atomic E-state index is 11.4. The van der Waals surface area contributed by atoms with E-state index in [2.05, 4.69) is 15.6 Å². The van der Waals surface area contributed by atoms with Crippen LogP contribution in [0, 0.1) is 13.8 Å². The molecule has 0 aromatic carbocycles. The maximum absolute atomic E-state index is 11.4. The normalized spacial score (nSPS) is 10.0. The zero-order valence-electron chi connectivity index (χ0n) is 11.3. The van der Waals surface area contributed by atoms with Crippen molar-refractivity contribution in [3.05, 3.63) is 17.3 Å². The highest BCUT2D eigenvalue weighted by molar-refractivity contribution is 5.93. The number of pyridine rings is 1. The molecule has 2 amide bonds. The van der Waals surface area contributed by atoms with Crippen LogP contribution in [-0.2, 0) is 9.59 Å². The van der Waals surface area contributed by atoms with Gasteiger partial charge in [0.2, 0.25) is 11.8 Å². The van der Waals surface area contributed by atoms with Gasteiger partial charge in [-0.1, -0.05) is 13.8 Å². The number of rotatable bonds is 4. The smallest absolute Gasteiger partial charge is 0.225 e. The molecule has 5 nitrogen and oxygen atoms in total. The molecule has 0 fully saturated rings. The van der Waals surface area contributed by atoms with Crippen LogP contribution in [0.15, 0.2) is 6.07 Å². The van der Waals surface area contributed by atoms with Crippen LogP contribution in [0.3, 0.4) is 0 Å². The van der Waals surface area contributed by atoms with Gasteiger partial charge in [0.1, 0.15) is 5.82 Å². The summed E-state index contributed by atoms with van der Waals surface area (Å²) in [5.41, 5.74) is 2.30. The zero-order chi connectivity index (χ0) is 13.7. The molecule has 0 bridgehead atoms. The molecular weight excluding hydrogens is 230 g/mol. The molecule has 2 N–H and O–H groups in total. The monoisotopic (exact) mass is 249 g/mol. The van der Waals surface area contributed by atoms with Crippen molar-refractivity contribution in [2.45, 2.75) is 40.5 Å². The van der Waals surface area contributed by atoms with Gasteiger partial charge in [-0.15, -0.1) is 0 Å². The lowest BCUT2D eigenvalue weighted by atomic mass is 10.2. The van der Waals surface area contributed by atoms with Gasteiger partial charge in [-0.25, -0.2) is 4.98 Å². The third-order valence-corrected chi connectivity index (χ3v) is 2.57. The van der Waals surface area contributed by atoms with Crippen LogP contribution in [-0.4, -0.2) is 16.8 Å². The second kappa shape index (κ2) is 6.14. The minimum Gasteiger partial charge on any atom is -0.324 e. The van der Waals surface area contributed by atoms with E-state index in [1.165, 1.54) is 0 Å². The summed E-state index contributed by atoms with van der Waals surface area (Å²) in [5, 5.41) is 5.51. The number of amides is 2. The Morgan fingerprint density at radius 1 is 1.11 bits per heavy atom. The van der Waals surface area contributed by atoms with E-state index in [4.69, 9.17) is 0 Å². The van der Waals surface area contributed by atoms with Gasteiger partial charge in [-0.3, -0.25) is 9.59 Å². The number of aromatic nitrogens is 1. The number of aryl methyl sites for hydroxylation is 2. The van der Waals surface area contributed by atoms with E-state index >= 15 is 0 Å². The second-order valence-electron chi connectivity index (χ2n) is 4.09. The van der Waals surface area contributed by atoms with Crippen LogP contribution in [0.5, 0.6) is 0 Å². The van der Waals surface area contributed by atoms with Gasteiger partial charge in [0.15, 0.2) is 0 Å². The van der Waals surface area contributed by atoms with Gasteiger partial charge in [-0.2, -0.15) is 0 Å². The minimum atomic E-state index is -0.0772. The van der Waals surface area contributed by atoms with Crippen molar-refractivity contribution in [1.82, 2.24) is 4.98 Å². The highest BCUT2D eigenvalue weighted by Crippen LogP contribution is 2.22. The van der Waals surface area contributed by atoms with Gasteiger partial charge >= 0.3 is 0 Å². The Hall–Kier alpha value is -1.91. The quantitative estimate of drug-likeness (QED) is 0.860. The van der Waals surface area contributed by atoms with Crippen molar-refractivity contribution >= 4 is 23.3 Å². The van der Waals surface area contributed by atoms with E-state index in [9.17, 15) is 9.59 Å². The van der Waals surface area contributed by atoms with E-state index in [0.717, 1.165) is 11.3 Å². The van der Waals surface area contributed by atoms with Crippen LogP contribution < -0.4 is 10.6 Å². The number of nitrogens with one attached hydrogen (secondary N) is 2.